The fraction of sp³-hybridized carbons (Fsp3) is 0.235. The second-order valence-corrected chi connectivity index (χ2v) is 7.66. The molecule has 0 bridgehead atoms. The van der Waals surface area contributed by atoms with Crippen LogP contribution < -0.4 is 4.73 Å². The van der Waals surface area contributed by atoms with E-state index in [0.717, 1.165) is 0 Å². The van der Waals surface area contributed by atoms with Gasteiger partial charge in [0, 0.05) is 38.3 Å². The summed E-state index contributed by atoms with van der Waals surface area (Å²) < 4.78 is 27.4. The van der Waals surface area contributed by atoms with Crippen LogP contribution >= 0.6 is 0 Å². The lowest BCUT2D eigenvalue weighted by Crippen LogP contribution is -2.50. The second-order valence-electron chi connectivity index (χ2n) is 5.75. The van der Waals surface area contributed by atoms with Crippen molar-refractivity contribution >= 4 is 15.9 Å². The number of benzene rings is 1. The quantitative estimate of drug-likeness (QED) is 0.570. The van der Waals surface area contributed by atoms with E-state index in [-0.39, 0.29) is 42.5 Å². The summed E-state index contributed by atoms with van der Waals surface area (Å²) in [6.45, 7) is 0.753. The summed E-state index contributed by atoms with van der Waals surface area (Å²) in [6, 6.07) is 10.8. The number of nitrogens with zero attached hydrogens (tertiary/aromatic N) is 4. The maximum Gasteiger partial charge on any atom is 0.254 e. The average molecular weight is 372 g/mol. The van der Waals surface area contributed by atoms with Crippen molar-refractivity contribution in [2.75, 3.05) is 26.2 Å². The summed E-state index contributed by atoms with van der Waals surface area (Å²) in [6.07, 6.45) is 2.49. The zero-order valence-electron chi connectivity index (χ0n) is 13.8. The molecule has 1 fully saturated rings. The van der Waals surface area contributed by atoms with Crippen LogP contribution in [0.3, 0.4) is 0 Å². The fourth-order valence-electron chi connectivity index (χ4n) is 2.79. The minimum Gasteiger partial charge on any atom is -0.619 e. The lowest BCUT2D eigenvalue weighted by atomic mass is 10.2. The van der Waals surface area contributed by atoms with E-state index in [2.05, 4.69) is 0 Å². The smallest absolute Gasteiger partial charge is 0.254 e. The van der Waals surface area contributed by atoms with Crippen LogP contribution in [0, 0.1) is 16.5 Å². The molecule has 134 valence electrons. The standard InChI is InChI=1S/C17H16N4O4S/c18-13-15-3-1-2-4-16(15)26(24,25)21-11-9-19(10-12-21)17(22)14-5-7-20(23)8-6-14/h1-8H,9-12H2. The maximum atomic E-state index is 12.8. The molecular weight excluding hydrogens is 356 g/mol. The Morgan fingerprint density at radius 1 is 1.08 bits per heavy atom. The van der Waals surface area contributed by atoms with Crippen LogP contribution in [0.5, 0.6) is 0 Å². The van der Waals surface area contributed by atoms with Gasteiger partial charge in [-0.15, -0.1) is 0 Å². The van der Waals surface area contributed by atoms with Crippen molar-refractivity contribution in [3.8, 4) is 6.07 Å². The summed E-state index contributed by atoms with van der Waals surface area (Å²) in [5, 5.41) is 20.2. The van der Waals surface area contributed by atoms with E-state index in [1.165, 1.54) is 41.0 Å². The Kier molecular flexibility index (Phi) is 4.88. The molecule has 8 nitrogen and oxygen atoms in total. The molecule has 1 aliphatic rings. The van der Waals surface area contributed by atoms with E-state index in [4.69, 9.17) is 5.26 Å². The Labute approximate surface area is 151 Å². The predicted octanol–water partition coefficient (Wildman–Crippen LogP) is 0.338. The number of piperazine rings is 1. The highest BCUT2D eigenvalue weighted by Crippen LogP contribution is 2.21. The summed E-state index contributed by atoms with van der Waals surface area (Å²) in [5.74, 6) is -0.250. The summed E-state index contributed by atoms with van der Waals surface area (Å²) in [7, 11) is -3.80. The number of rotatable bonds is 3. The SMILES string of the molecule is N#Cc1ccccc1S(=O)(=O)N1CCN(C(=O)c2cc[n+]([O-])cc2)CC1. The molecule has 0 N–H and O–H groups in total. The first-order valence-electron chi connectivity index (χ1n) is 7.91. The molecule has 0 atom stereocenters. The van der Waals surface area contributed by atoms with Gasteiger partial charge in [-0.3, -0.25) is 4.79 Å². The lowest BCUT2D eigenvalue weighted by Gasteiger charge is -2.34. The molecule has 2 aromatic rings. The van der Waals surface area contributed by atoms with Crippen LogP contribution in [0.4, 0.5) is 0 Å². The Morgan fingerprint density at radius 2 is 1.69 bits per heavy atom. The molecule has 0 radical (unpaired) electrons. The highest BCUT2D eigenvalue weighted by atomic mass is 32.2. The first-order chi connectivity index (χ1) is 12.4. The number of aromatic nitrogens is 1. The number of hydrogen-bond acceptors (Lipinski definition) is 5. The molecule has 1 aromatic carbocycles. The van der Waals surface area contributed by atoms with Crippen LogP contribution in [0.25, 0.3) is 0 Å². The number of hydrogen-bond donors (Lipinski definition) is 0. The van der Waals surface area contributed by atoms with Gasteiger partial charge < -0.3 is 10.1 Å². The van der Waals surface area contributed by atoms with Gasteiger partial charge in [-0.1, -0.05) is 12.1 Å². The Hall–Kier alpha value is -2.96. The van der Waals surface area contributed by atoms with Crippen LogP contribution in [0.15, 0.2) is 53.7 Å². The van der Waals surface area contributed by atoms with Crippen LogP contribution in [-0.2, 0) is 10.0 Å². The normalized spacial score (nSPS) is 15.4. The van der Waals surface area contributed by atoms with Gasteiger partial charge in [0.25, 0.3) is 5.91 Å². The van der Waals surface area contributed by atoms with E-state index < -0.39 is 10.0 Å². The zero-order valence-corrected chi connectivity index (χ0v) is 14.6. The van der Waals surface area contributed by atoms with Gasteiger partial charge in [0.05, 0.1) is 16.0 Å². The number of carbonyl (C=O) groups is 1. The predicted molar refractivity (Wildman–Crippen MR) is 91.2 cm³/mol. The highest BCUT2D eigenvalue weighted by molar-refractivity contribution is 7.89. The van der Waals surface area contributed by atoms with Gasteiger partial charge in [-0.05, 0) is 12.1 Å². The van der Waals surface area contributed by atoms with E-state index in [1.54, 1.807) is 17.0 Å². The lowest BCUT2D eigenvalue weighted by molar-refractivity contribution is -0.605. The third kappa shape index (κ3) is 3.37. The number of sulfonamides is 1. The third-order valence-electron chi connectivity index (χ3n) is 4.20. The van der Waals surface area contributed by atoms with Crippen molar-refractivity contribution in [1.82, 2.24) is 9.21 Å². The first kappa shape index (κ1) is 17.8. The number of pyridine rings is 1. The molecule has 0 saturated carbocycles. The largest absolute Gasteiger partial charge is 0.619 e. The molecule has 1 aliphatic heterocycles. The molecule has 26 heavy (non-hydrogen) atoms. The van der Waals surface area contributed by atoms with Gasteiger partial charge in [0.15, 0.2) is 12.4 Å². The topological polar surface area (TPSA) is 108 Å². The monoisotopic (exact) mass is 372 g/mol. The minimum absolute atomic E-state index is 0.0228. The second kappa shape index (κ2) is 7.11. The van der Waals surface area contributed by atoms with Crippen molar-refractivity contribution in [2.45, 2.75) is 4.90 Å². The Morgan fingerprint density at radius 3 is 2.31 bits per heavy atom. The van der Waals surface area contributed by atoms with Crippen molar-refractivity contribution in [3.05, 3.63) is 65.1 Å². The minimum atomic E-state index is -3.80. The van der Waals surface area contributed by atoms with Crippen molar-refractivity contribution in [2.24, 2.45) is 0 Å². The van der Waals surface area contributed by atoms with Crippen molar-refractivity contribution in [1.29, 1.82) is 5.26 Å². The van der Waals surface area contributed by atoms with Gasteiger partial charge in [-0.2, -0.15) is 14.3 Å². The summed E-state index contributed by atoms with van der Waals surface area (Å²) >= 11 is 0. The number of amides is 1. The molecule has 9 heteroatoms. The van der Waals surface area contributed by atoms with Crippen LogP contribution in [-0.4, -0.2) is 49.7 Å². The van der Waals surface area contributed by atoms with E-state index in [0.29, 0.717) is 10.3 Å². The molecule has 0 spiro atoms. The molecule has 1 saturated heterocycles. The summed E-state index contributed by atoms with van der Waals surface area (Å²) in [4.78, 5) is 14.0. The molecule has 0 unspecified atom stereocenters. The van der Waals surface area contributed by atoms with E-state index >= 15 is 0 Å². The van der Waals surface area contributed by atoms with Crippen LogP contribution in [0.1, 0.15) is 15.9 Å². The Balaban J connectivity index is 1.73. The highest BCUT2D eigenvalue weighted by Gasteiger charge is 2.31. The molecule has 1 aromatic heterocycles. The van der Waals surface area contributed by atoms with E-state index in [9.17, 15) is 18.4 Å². The fourth-order valence-corrected chi connectivity index (χ4v) is 4.36. The summed E-state index contributed by atoms with van der Waals surface area (Å²) in [5.41, 5.74) is 0.476. The molecule has 3 rings (SSSR count). The van der Waals surface area contributed by atoms with Crippen molar-refractivity contribution < 1.29 is 17.9 Å². The molecule has 1 amide bonds. The van der Waals surface area contributed by atoms with Gasteiger partial charge in [0.2, 0.25) is 10.0 Å². The molecule has 2 heterocycles. The van der Waals surface area contributed by atoms with Gasteiger partial charge >= 0.3 is 0 Å². The van der Waals surface area contributed by atoms with Crippen molar-refractivity contribution in [3.63, 3.8) is 0 Å². The number of carbonyl (C=O) groups excluding carboxylic acids is 1. The zero-order chi connectivity index (χ0) is 18.7. The van der Waals surface area contributed by atoms with Gasteiger partial charge in [0.1, 0.15) is 6.07 Å². The average Bonchev–Trinajstić information content (AvgIpc) is 2.68. The molecule has 0 aliphatic carbocycles. The maximum absolute atomic E-state index is 12.8. The molecular formula is C17H16N4O4S. The third-order valence-corrected chi connectivity index (χ3v) is 6.16. The van der Waals surface area contributed by atoms with Crippen LogP contribution in [0.2, 0.25) is 0 Å². The number of nitriles is 1. The van der Waals surface area contributed by atoms with Gasteiger partial charge in [-0.25, -0.2) is 8.42 Å². The first-order valence-corrected chi connectivity index (χ1v) is 9.35. The van der Waals surface area contributed by atoms with E-state index in [1.807, 2.05) is 6.07 Å². The Bertz CT molecular complexity index is 959.